The predicted molar refractivity (Wildman–Crippen MR) is 78.4 cm³/mol. The van der Waals surface area contributed by atoms with E-state index in [4.69, 9.17) is 16.3 Å². The molecule has 2 aromatic rings. The Hall–Kier alpha value is -1.66. The average molecular weight is 312 g/mol. The molecule has 0 aromatic carbocycles. The van der Waals surface area contributed by atoms with Crippen LogP contribution in [0.25, 0.3) is 0 Å². The van der Waals surface area contributed by atoms with Crippen molar-refractivity contribution in [3.63, 3.8) is 0 Å². The van der Waals surface area contributed by atoms with E-state index in [1.165, 1.54) is 17.5 Å². The van der Waals surface area contributed by atoms with Crippen LogP contribution in [-0.4, -0.2) is 22.5 Å². The van der Waals surface area contributed by atoms with Crippen LogP contribution in [0.1, 0.15) is 27.9 Å². The third kappa shape index (κ3) is 3.46. The number of pyridine rings is 1. The summed E-state index contributed by atoms with van der Waals surface area (Å²) in [5, 5.41) is 3.14. The number of aryl methyl sites for hydroxylation is 1. The number of halogens is 1. The Morgan fingerprint density at radius 1 is 1.50 bits per heavy atom. The molecule has 0 aliphatic carbocycles. The van der Waals surface area contributed by atoms with Crippen molar-refractivity contribution in [3.05, 3.63) is 38.9 Å². The fraction of sp³-hybridized carbons (Fsp3) is 0.308. The van der Waals surface area contributed by atoms with Gasteiger partial charge >= 0.3 is 0 Å². The fourth-order valence-electron chi connectivity index (χ4n) is 1.55. The minimum absolute atomic E-state index is 0.227. The molecule has 2 aromatic heterocycles. The molecule has 1 amide bonds. The molecule has 1 N–H and O–H groups in total. The summed E-state index contributed by atoms with van der Waals surface area (Å²) < 4.78 is 5.22. The third-order valence-corrected chi connectivity index (χ3v) is 3.81. The van der Waals surface area contributed by atoms with Crippen LogP contribution in [-0.2, 0) is 6.54 Å². The van der Waals surface area contributed by atoms with Gasteiger partial charge in [0.05, 0.1) is 29.9 Å². The molecule has 2 rings (SSSR count). The molecule has 0 unspecified atom stereocenters. The molecule has 0 spiro atoms. The van der Waals surface area contributed by atoms with E-state index in [2.05, 4.69) is 15.3 Å². The molecule has 0 fully saturated rings. The number of hydrogen-bond donors (Lipinski definition) is 1. The molecule has 0 saturated carbocycles. The smallest absolute Gasteiger partial charge is 0.253 e. The van der Waals surface area contributed by atoms with E-state index in [0.29, 0.717) is 29.6 Å². The number of rotatable bonds is 5. The van der Waals surface area contributed by atoms with Gasteiger partial charge in [-0.3, -0.25) is 4.79 Å². The van der Waals surface area contributed by atoms with E-state index in [1.54, 1.807) is 11.6 Å². The van der Waals surface area contributed by atoms with Gasteiger partial charge in [0, 0.05) is 11.1 Å². The highest BCUT2D eigenvalue weighted by Gasteiger charge is 2.11. The number of nitrogens with one attached hydrogen (secondary N) is 1. The van der Waals surface area contributed by atoms with E-state index >= 15 is 0 Å². The number of ether oxygens (including phenoxy) is 1. The summed E-state index contributed by atoms with van der Waals surface area (Å²) >= 11 is 7.51. The first-order valence-corrected chi connectivity index (χ1v) is 7.33. The van der Waals surface area contributed by atoms with Crippen molar-refractivity contribution < 1.29 is 9.53 Å². The Morgan fingerprint density at radius 3 is 2.90 bits per heavy atom. The van der Waals surface area contributed by atoms with E-state index < -0.39 is 0 Å². The van der Waals surface area contributed by atoms with Crippen LogP contribution in [0.4, 0.5) is 0 Å². The van der Waals surface area contributed by atoms with Gasteiger partial charge in [-0.2, -0.15) is 0 Å². The second kappa shape index (κ2) is 6.67. The number of carbonyl (C=O) groups excluding carboxylic acids is 1. The van der Waals surface area contributed by atoms with Crippen LogP contribution in [0.3, 0.4) is 0 Å². The summed E-state index contributed by atoms with van der Waals surface area (Å²) in [6, 6.07) is 1.55. The zero-order chi connectivity index (χ0) is 14.5. The fourth-order valence-corrected chi connectivity index (χ4v) is 2.49. The third-order valence-electron chi connectivity index (χ3n) is 2.61. The number of aromatic nitrogens is 2. The summed E-state index contributed by atoms with van der Waals surface area (Å²) in [6.07, 6.45) is 1.45. The highest BCUT2D eigenvalue weighted by atomic mass is 35.5. The van der Waals surface area contributed by atoms with Gasteiger partial charge in [-0.15, -0.1) is 11.3 Å². The Kier molecular flexibility index (Phi) is 4.92. The van der Waals surface area contributed by atoms with Crippen molar-refractivity contribution >= 4 is 28.8 Å². The van der Waals surface area contributed by atoms with E-state index in [9.17, 15) is 4.79 Å². The molecule has 0 aliphatic rings. The molecule has 0 aliphatic heterocycles. The van der Waals surface area contributed by atoms with Crippen molar-refractivity contribution in [2.24, 2.45) is 0 Å². The lowest BCUT2D eigenvalue weighted by Crippen LogP contribution is -2.22. The number of thiazole rings is 1. The van der Waals surface area contributed by atoms with Gasteiger partial charge in [-0.25, -0.2) is 9.97 Å². The van der Waals surface area contributed by atoms with Gasteiger partial charge in [0.2, 0.25) is 5.88 Å². The molecule has 106 valence electrons. The molecule has 7 heteroatoms. The van der Waals surface area contributed by atoms with Crippen LogP contribution >= 0.6 is 22.9 Å². The predicted octanol–water partition coefficient (Wildman–Crippen LogP) is 2.83. The van der Waals surface area contributed by atoms with Crippen molar-refractivity contribution in [1.29, 1.82) is 0 Å². The van der Waals surface area contributed by atoms with Crippen LogP contribution in [0.5, 0.6) is 5.88 Å². The SMILES string of the molecule is CCOc1ncc(C(=O)NCc2scnc2C)cc1Cl. The Bertz CT molecular complexity index is 615. The largest absolute Gasteiger partial charge is 0.477 e. The van der Waals surface area contributed by atoms with Gasteiger partial charge in [0.15, 0.2) is 0 Å². The topological polar surface area (TPSA) is 64.1 Å². The highest BCUT2D eigenvalue weighted by molar-refractivity contribution is 7.09. The summed E-state index contributed by atoms with van der Waals surface area (Å²) in [5.41, 5.74) is 3.09. The number of nitrogens with zero attached hydrogens (tertiary/aromatic N) is 2. The first-order chi connectivity index (χ1) is 9.61. The normalized spacial score (nSPS) is 10.3. The van der Waals surface area contributed by atoms with Gasteiger partial charge in [0.25, 0.3) is 5.91 Å². The molecule has 0 atom stereocenters. The molecule has 5 nitrogen and oxygen atoms in total. The van der Waals surface area contributed by atoms with Gasteiger partial charge < -0.3 is 10.1 Å². The molecule has 0 radical (unpaired) electrons. The second-order valence-electron chi connectivity index (χ2n) is 3.99. The van der Waals surface area contributed by atoms with Gasteiger partial charge in [-0.1, -0.05) is 11.6 Å². The van der Waals surface area contributed by atoms with Crippen molar-refractivity contribution in [3.8, 4) is 5.88 Å². The zero-order valence-corrected chi connectivity index (χ0v) is 12.7. The summed E-state index contributed by atoms with van der Waals surface area (Å²) in [6.45, 7) is 4.67. The lowest BCUT2D eigenvalue weighted by molar-refractivity contribution is 0.0951. The van der Waals surface area contributed by atoms with E-state index in [0.717, 1.165) is 10.6 Å². The van der Waals surface area contributed by atoms with Crippen molar-refractivity contribution in [2.75, 3.05) is 6.61 Å². The Morgan fingerprint density at radius 2 is 2.30 bits per heavy atom. The highest BCUT2D eigenvalue weighted by Crippen LogP contribution is 2.22. The van der Waals surface area contributed by atoms with Gasteiger partial charge in [0.1, 0.15) is 5.02 Å². The lowest BCUT2D eigenvalue weighted by Gasteiger charge is -2.07. The second-order valence-corrected chi connectivity index (χ2v) is 5.33. The summed E-state index contributed by atoms with van der Waals surface area (Å²) in [5.74, 6) is 0.110. The number of carbonyl (C=O) groups is 1. The standard InChI is InChI=1S/C13H14ClN3O2S/c1-3-19-13-10(14)4-9(5-16-13)12(18)15-6-11-8(2)17-7-20-11/h4-5,7H,3,6H2,1-2H3,(H,15,18). The van der Waals surface area contributed by atoms with Crippen LogP contribution in [0.2, 0.25) is 5.02 Å². The minimum Gasteiger partial charge on any atom is -0.477 e. The first kappa shape index (κ1) is 14.7. The lowest BCUT2D eigenvalue weighted by atomic mass is 10.2. The minimum atomic E-state index is -0.227. The van der Waals surface area contributed by atoms with Crippen molar-refractivity contribution in [2.45, 2.75) is 20.4 Å². The average Bonchev–Trinajstić information content (AvgIpc) is 2.84. The monoisotopic (exact) mass is 311 g/mol. The molecule has 2 heterocycles. The molecular weight excluding hydrogens is 298 g/mol. The molecular formula is C13H14ClN3O2S. The molecule has 0 bridgehead atoms. The summed E-state index contributed by atoms with van der Waals surface area (Å²) in [4.78, 5) is 21.2. The van der Waals surface area contributed by atoms with E-state index in [-0.39, 0.29) is 5.91 Å². The van der Waals surface area contributed by atoms with E-state index in [1.807, 2.05) is 13.8 Å². The number of amides is 1. The van der Waals surface area contributed by atoms with Crippen LogP contribution in [0, 0.1) is 6.92 Å². The van der Waals surface area contributed by atoms with Gasteiger partial charge in [-0.05, 0) is 19.9 Å². The summed E-state index contributed by atoms with van der Waals surface area (Å²) in [7, 11) is 0. The quantitative estimate of drug-likeness (QED) is 0.922. The maximum Gasteiger partial charge on any atom is 0.253 e. The van der Waals surface area contributed by atoms with Crippen LogP contribution in [0.15, 0.2) is 17.8 Å². The zero-order valence-electron chi connectivity index (χ0n) is 11.1. The maximum atomic E-state index is 12.0. The number of hydrogen-bond acceptors (Lipinski definition) is 5. The first-order valence-electron chi connectivity index (χ1n) is 6.07. The van der Waals surface area contributed by atoms with Crippen LogP contribution < -0.4 is 10.1 Å². The Balaban J connectivity index is 2.02. The van der Waals surface area contributed by atoms with Crippen molar-refractivity contribution in [1.82, 2.24) is 15.3 Å². The maximum absolute atomic E-state index is 12.0. The molecule has 20 heavy (non-hydrogen) atoms. The Labute approximate surface area is 126 Å². The molecule has 0 saturated heterocycles.